The van der Waals surface area contributed by atoms with Crippen LogP contribution in [0.15, 0.2) is 16.6 Å². The van der Waals surface area contributed by atoms with Crippen molar-refractivity contribution in [2.45, 2.75) is 6.92 Å². The van der Waals surface area contributed by atoms with Crippen molar-refractivity contribution in [1.29, 1.82) is 0 Å². The Morgan fingerprint density at radius 1 is 1.40 bits per heavy atom. The first-order valence-electron chi connectivity index (χ1n) is 5.10. The van der Waals surface area contributed by atoms with Crippen molar-refractivity contribution in [1.82, 2.24) is 9.80 Å². The minimum Gasteiger partial charge on any atom is -1.00 e. The molecule has 0 aromatic heterocycles. The van der Waals surface area contributed by atoms with Crippen LogP contribution in [-0.2, 0) is 0 Å². The summed E-state index contributed by atoms with van der Waals surface area (Å²) in [7, 11) is 1.82. The van der Waals surface area contributed by atoms with Gasteiger partial charge in [-0.05, 0) is 6.54 Å². The molecule has 4 heteroatoms. The summed E-state index contributed by atoms with van der Waals surface area (Å²) in [6.45, 7) is 11.4. The quantitative estimate of drug-likeness (QED) is 0.302. The number of rotatable bonds is 3. The van der Waals surface area contributed by atoms with Gasteiger partial charge in [0.05, 0.1) is 6.34 Å². The zero-order valence-electron chi connectivity index (χ0n) is 10.9. The molecule has 0 aliphatic carbocycles. The van der Waals surface area contributed by atoms with Gasteiger partial charge in [-0.2, -0.15) is 0 Å². The molecule has 0 N–H and O–H groups in total. The monoisotopic (exact) mass is 219 g/mol. The van der Waals surface area contributed by atoms with E-state index < -0.39 is 0 Å². The number of hydrogen-bond acceptors (Lipinski definition) is 2. The molecule has 3 nitrogen and oxygen atoms in total. The van der Waals surface area contributed by atoms with Gasteiger partial charge in [0.25, 0.3) is 0 Å². The standard InChI is InChI=1S/C11H20N3.Mg.H/c1-4-11(2)9-13-5-7-14(8-6-13)10-12-3;;/h4,10H,1,5-9H2,2-3H3;;/q-1;+2;-1/b11-4+,12-10?;;. The van der Waals surface area contributed by atoms with Gasteiger partial charge < -0.3 is 11.2 Å². The number of aliphatic imine (C=N–C) groups is 1. The van der Waals surface area contributed by atoms with Gasteiger partial charge >= 0.3 is 23.1 Å². The number of nitrogens with zero attached hydrogens (tertiary/aromatic N) is 3. The Hall–Kier alpha value is -0.194. The van der Waals surface area contributed by atoms with E-state index in [0.29, 0.717) is 0 Å². The summed E-state index contributed by atoms with van der Waals surface area (Å²) in [5.74, 6) is 0. The molecule has 15 heavy (non-hydrogen) atoms. The van der Waals surface area contributed by atoms with E-state index in [0.717, 1.165) is 32.7 Å². The van der Waals surface area contributed by atoms with E-state index in [-0.39, 0.29) is 24.5 Å². The molecule has 1 saturated heterocycles. The number of hydrogen-bond donors (Lipinski definition) is 0. The summed E-state index contributed by atoms with van der Waals surface area (Å²) in [4.78, 5) is 8.74. The topological polar surface area (TPSA) is 18.8 Å². The van der Waals surface area contributed by atoms with Gasteiger partial charge in [-0.15, -0.1) is 6.92 Å². The largest absolute Gasteiger partial charge is 2.00 e. The zero-order chi connectivity index (χ0) is 10.4. The van der Waals surface area contributed by atoms with Crippen molar-refractivity contribution >= 4 is 29.4 Å². The van der Waals surface area contributed by atoms with Crippen molar-refractivity contribution in [2.24, 2.45) is 4.99 Å². The predicted molar refractivity (Wildman–Crippen MR) is 68.4 cm³/mol. The summed E-state index contributed by atoms with van der Waals surface area (Å²) in [5, 5.41) is 0. The number of piperazine rings is 1. The van der Waals surface area contributed by atoms with Crippen LogP contribution in [0.1, 0.15) is 8.35 Å². The van der Waals surface area contributed by atoms with Gasteiger partial charge in [0.2, 0.25) is 0 Å². The molecule has 0 atom stereocenters. The van der Waals surface area contributed by atoms with Crippen molar-refractivity contribution in [3.63, 3.8) is 0 Å². The van der Waals surface area contributed by atoms with Crippen LogP contribution in [0, 0.1) is 6.92 Å². The Kier molecular flexibility index (Phi) is 7.91. The molecule has 82 valence electrons. The van der Waals surface area contributed by atoms with Gasteiger partial charge in [-0.3, -0.25) is 4.99 Å². The van der Waals surface area contributed by atoms with Gasteiger partial charge in [0, 0.05) is 33.2 Å². The molecule has 0 aromatic carbocycles. The third-order valence-corrected chi connectivity index (χ3v) is 2.51. The molecule has 0 spiro atoms. The third kappa shape index (κ3) is 5.44. The minimum absolute atomic E-state index is 0. The molecule has 1 fully saturated rings. The molecule has 1 aliphatic rings. The van der Waals surface area contributed by atoms with E-state index in [2.05, 4.69) is 28.6 Å². The average molecular weight is 220 g/mol. The molecule has 1 heterocycles. The maximum atomic E-state index is 4.02. The summed E-state index contributed by atoms with van der Waals surface area (Å²) in [6.07, 6.45) is 3.88. The molecule has 0 bridgehead atoms. The van der Waals surface area contributed by atoms with Crippen molar-refractivity contribution in [3.8, 4) is 0 Å². The second kappa shape index (κ2) is 8.02. The molecule has 0 radical (unpaired) electrons. The molecule has 1 rings (SSSR count). The van der Waals surface area contributed by atoms with Crippen molar-refractivity contribution < 1.29 is 1.43 Å². The Morgan fingerprint density at radius 3 is 2.47 bits per heavy atom. The molecule has 0 unspecified atom stereocenters. The Bertz CT molecular complexity index is 223. The Balaban J connectivity index is 0. The number of allylic oxidation sites excluding steroid dienone is 1. The second-order valence-electron chi connectivity index (χ2n) is 3.74. The first-order chi connectivity index (χ1) is 6.76. The van der Waals surface area contributed by atoms with Crippen molar-refractivity contribution in [3.05, 3.63) is 18.6 Å². The normalized spacial score (nSPS) is 19.3. The fourth-order valence-corrected chi connectivity index (χ4v) is 1.62. The maximum Gasteiger partial charge on any atom is 2.00 e. The van der Waals surface area contributed by atoms with Crippen LogP contribution in [0.4, 0.5) is 0 Å². The summed E-state index contributed by atoms with van der Waals surface area (Å²) in [6, 6.07) is 0. The van der Waals surface area contributed by atoms with E-state index in [1.807, 2.05) is 19.5 Å². The van der Waals surface area contributed by atoms with Gasteiger partial charge in [0.15, 0.2) is 0 Å². The van der Waals surface area contributed by atoms with Gasteiger partial charge in [0.1, 0.15) is 0 Å². The molecule has 1 aliphatic heterocycles. The average Bonchev–Trinajstić information content (AvgIpc) is 2.21. The first-order valence-corrected chi connectivity index (χ1v) is 5.10. The SMILES string of the molecule is [CH2-]/C=C(\C)CN1CCN(C=NC)CC1.[H-].[Mg+2]. The van der Waals surface area contributed by atoms with Crippen LogP contribution in [0.3, 0.4) is 0 Å². The van der Waals surface area contributed by atoms with E-state index in [4.69, 9.17) is 0 Å². The fourth-order valence-electron chi connectivity index (χ4n) is 1.62. The van der Waals surface area contributed by atoms with Crippen LogP contribution in [-0.4, -0.2) is 79.0 Å². The van der Waals surface area contributed by atoms with E-state index in [1.54, 1.807) is 0 Å². The van der Waals surface area contributed by atoms with Crippen LogP contribution in [0.2, 0.25) is 0 Å². The molecule has 0 saturated carbocycles. The molecule has 0 amide bonds. The summed E-state index contributed by atoms with van der Waals surface area (Å²) >= 11 is 0. The van der Waals surface area contributed by atoms with E-state index in [9.17, 15) is 0 Å². The van der Waals surface area contributed by atoms with Crippen LogP contribution in [0.25, 0.3) is 0 Å². The Labute approximate surface area is 111 Å². The third-order valence-electron chi connectivity index (χ3n) is 2.51. The minimum atomic E-state index is 0. The first kappa shape index (κ1) is 14.8. The maximum absolute atomic E-state index is 4.02. The van der Waals surface area contributed by atoms with Crippen LogP contribution in [0.5, 0.6) is 0 Å². The summed E-state index contributed by atoms with van der Waals surface area (Å²) < 4.78 is 0. The second-order valence-corrected chi connectivity index (χ2v) is 3.74. The van der Waals surface area contributed by atoms with Gasteiger partial charge in [-0.1, -0.05) is 0 Å². The molecule has 0 aromatic rings. The van der Waals surface area contributed by atoms with Crippen molar-refractivity contribution in [2.75, 3.05) is 39.8 Å². The predicted octanol–water partition coefficient (Wildman–Crippen LogP) is 0.774. The molecular formula is C11H21MgN3. The smallest absolute Gasteiger partial charge is 1.00 e. The van der Waals surface area contributed by atoms with E-state index >= 15 is 0 Å². The van der Waals surface area contributed by atoms with E-state index in [1.165, 1.54) is 5.57 Å². The zero-order valence-corrected chi connectivity index (χ0v) is 11.4. The van der Waals surface area contributed by atoms with Crippen LogP contribution >= 0.6 is 0 Å². The summed E-state index contributed by atoms with van der Waals surface area (Å²) in [5.41, 5.74) is 1.35. The van der Waals surface area contributed by atoms with Crippen LogP contribution < -0.4 is 0 Å². The molecular weight excluding hydrogens is 198 g/mol. The van der Waals surface area contributed by atoms with Gasteiger partial charge in [-0.25, -0.2) is 18.6 Å². The fraction of sp³-hybridized carbons (Fsp3) is 0.636. The Morgan fingerprint density at radius 2 is 2.00 bits per heavy atom.